The summed E-state index contributed by atoms with van der Waals surface area (Å²) in [7, 11) is 1.83. The van der Waals surface area contributed by atoms with Gasteiger partial charge < -0.3 is 10.0 Å². The van der Waals surface area contributed by atoms with Crippen LogP contribution in [0.15, 0.2) is 51.9 Å². The molecule has 0 aliphatic carbocycles. The normalized spacial score (nSPS) is 12.9. The SMILES string of the molecule is CN(c1ccc(Cl)cc1)c1nc(O)c(C2=c3cc(Br)ccc3=NC2=O)s1. The van der Waals surface area contributed by atoms with Crippen LogP contribution in [0.5, 0.6) is 5.88 Å². The predicted octanol–water partition coefficient (Wildman–Crippen LogP) is 3.39. The number of anilines is 2. The molecule has 0 bridgehead atoms. The molecule has 0 fully saturated rings. The molecule has 0 unspecified atom stereocenters. The van der Waals surface area contributed by atoms with E-state index >= 15 is 0 Å². The lowest BCUT2D eigenvalue weighted by atomic mass is 10.1. The molecule has 0 atom stereocenters. The zero-order valence-electron chi connectivity index (χ0n) is 13.4. The van der Waals surface area contributed by atoms with Crippen LogP contribution < -0.4 is 15.5 Å². The molecule has 1 N–H and O–H groups in total. The van der Waals surface area contributed by atoms with Crippen LogP contribution in [-0.2, 0) is 4.79 Å². The first-order valence-electron chi connectivity index (χ1n) is 7.56. The van der Waals surface area contributed by atoms with E-state index in [2.05, 4.69) is 25.9 Å². The minimum atomic E-state index is -0.377. The molecule has 5 nitrogen and oxygen atoms in total. The molecule has 1 aromatic heterocycles. The predicted molar refractivity (Wildman–Crippen MR) is 106 cm³/mol. The van der Waals surface area contributed by atoms with Crippen LogP contribution in [0.3, 0.4) is 0 Å². The molecule has 3 aromatic rings. The Bertz CT molecular complexity index is 1160. The van der Waals surface area contributed by atoms with Gasteiger partial charge in [-0.1, -0.05) is 38.9 Å². The number of halogens is 2. The van der Waals surface area contributed by atoms with Crippen molar-refractivity contribution in [3.05, 3.63) is 67.4 Å². The van der Waals surface area contributed by atoms with Crippen molar-refractivity contribution in [3.8, 4) is 5.88 Å². The van der Waals surface area contributed by atoms with Gasteiger partial charge >= 0.3 is 0 Å². The fourth-order valence-electron chi connectivity index (χ4n) is 2.69. The molecular weight excluding hydrogens is 438 g/mol. The first-order chi connectivity index (χ1) is 12.4. The van der Waals surface area contributed by atoms with Crippen molar-refractivity contribution in [3.63, 3.8) is 0 Å². The van der Waals surface area contributed by atoms with E-state index in [9.17, 15) is 9.90 Å². The van der Waals surface area contributed by atoms with Crippen molar-refractivity contribution in [2.75, 3.05) is 11.9 Å². The maximum atomic E-state index is 12.4. The summed E-state index contributed by atoms with van der Waals surface area (Å²) in [6.45, 7) is 0. The molecule has 130 valence electrons. The standard InChI is InChI=1S/C18H11BrClN3O2S/c1-23(11-5-3-10(20)4-6-11)18-22-17(25)15(26-18)14-12-8-9(19)2-7-13(12)21-16(14)24/h2-8,25H,1H3. The number of benzene rings is 2. The minimum Gasteiger partial charge on any atom is -0.492 e. The van der Waals surface area contributed by atoms with E-state index in [1.807, 2.05) is 36.2 Å². The number of hydrogen-bond acceptors (Lipinski definition) is 5. The van der Waals surface area contributed by atoms with Crippen LogP contribution in [0.1, 0.15) is 4.88 Å². The largest absolute Gasteiger partial charge is 0.492 e. The molecule has 0 saturated carbocycles. The smallest absolute Gasteiger partial charge is 0.279 e. The number of thiazole rings is 1. The zero-order valence-corrected chi connectivity index (χ0v) is 16.6. The van der Waals surface area contributed by atoms with Crippen LogP contribution in [0.25, 0.3) is 5.57 Å². The van der Waals surface area contributed by atoms with E-state index in [0.717, 1.165) is 10.2 Å². The van der Waals surface area contributed by atoms with Gasteiger partial charge in [0.05, 0.1) is 10.9 Å². The maximum absolute atomic E-state index is 12.4. The summed E-state index contributed by atoms with van der Waals surface area (Å²) in [6, 6.07) is 12.7. The van der Waals surface area contributed by atoms with Crippen LogP contribution in [0, 0.1) is 0 Å². The Hall–Kier alpha value is -2.22. The minimum absolute atomic E-state index is 0.183. The first-order valence-corrected chi connectivity index (χ1v) is 9.55. The number of rotatable bonds is 3. The molecule has 1 aliphatic heterocycles. The topological polar surface area (TPSA) is 65.8 Å². The van der Waals surface area contributed by atoms with E-state index in [1.54, 1.807) is 18.2 Å². The first kappa shape index (κ1) is 17.2. The Labute approximate surface area is 166 Å². The number of carbonyl (C=O) groups excluding carboxylic acids is 1. The molecule has 26 heavy (non-hydrogen) atoms. The van der Waals surface area contributed by atoms with Crippen molar-refractivity contribution >= 4 is 61.2 Å². The monoisotopic (exact) mass is 447 g/mol. The number of carbonyl (C=O) groups is 1. The molecule has 1 amide bonds. The Balaban J connectivity index is 1.83. The highest BCUT2D eigenvalue weighted by molar-refractivity contribution is 9.10. The molecule has 8 heteroatoms. The molecule has 2 aromatic carbocycles. The third-order valence-corrected chi connectivity index (χ3v) is 5.87. The Morgan fingerprint density at radius 3 is 2.65 bits per heavy atom. The summed E-state index contributed by atoms with van der Waals surface area (Å²) in [6.07, 6.45) is 0. The van der Waals surface area contributed by atoms with Gasteiger partial charge in [-0.15, -0.1) is 0 Å². The van der Waals surface area contributed by atoms with E-state index < -0.39 is 0 Å². The van der Waals surface area contributed by atoms with Crippen molar-refractivity contribution in [2.45, 2.75) is 0 Å². The second-order valence-corrected chi connectivity index (χ2v) is 7.97. The third-order valence-electron chi connectivity index (χ3n) is 3.99. The van der Waals surface area contributed by atoms with Gasteiger partial charge in [0, 0.05) is 27.4 Å². The maximum Gasteiger partial charge on any atom is 0.279 e. The van der Waals surface area contributed by atoms with Crippen LogP contribution in [0.2, 0.25) is 5.02 Å². The highest BCUT2D eigenvalue weighted by atomic mass is 79.9. The van der Waals surface area contributed by atoms with E-state index in [1.165, 1.54) is 11.3 Å². The summed E-state index contributed by atoms with van der Waals surface area (Å²) < 4.78 is 0.834. The molecule has 0 spiro atoms. The van der Waals surface area contributed by atoms with E-state index in [4.69, 9.17) is 11.6 Å². The molecule has 0 radical (unpaired) electrons. The lowest BCUT2D eigenvalue weighted by molar-refractivity contribution is -0.112. The van der Waals surface area contributed by atoms with E-state index in [0.29, 0.717) is 31.2 Å². The number of aromatic hydroxyl groups is 1. The number of aromatic nitrogens is 1. The summed E-state index contributed by atoms with van der Waals surface area (Å²) in [5.74, 6) is -0.560. The van der Waals surface area contributed by atoms with Gasteiger partial charge in [-0.05, 0) is 42.5 Å². The number of hydrogen-bond donors (Lipinski definition) is 1. The average Bonchev–Trinajstić information content (AvgIpc) is 3.13. The van der Waals surface area contributed by atoms with Gasteiger partial charge in [0.1, 0.15) is 4.88 Å². The van der Waals surface area contributed by atoms with Gasteiger partial charge in [0.2, 0.25) is 5.88 Å². The highest BCUT2D eigenvalue weighted by Gasteiger charge is 2.26. The number of fused-ring (bicyclic) bond motifs is 1. The lowest BCUT2D eigenvalue weighted by Crippen LogP contribution is -2.22. The summed E-state index contributed by atoms with van der Waals surface area (Å²) in [4.78, 5) is 22.9. The molecule has 4 rings (SSSR count). The van der Waals surface area contributed by atoms with Crippen molar-refractivity contribution in [2.24, 2.45) is 4.99 Å². The molecule has 2 heterocycles. The van der Waals surface area contributed by atoms with E-state index in [-0.39, 0.29) is 11.8 Å². The Morgan fingerprint density at radius 1 is 1.19 bits per heavy atom. The second kappa shape index (κ2) is 6.50. The Kier molecular flexibility index (Phi) is 4.30. The molecular formula is C18H11BrClN3O2S. The molecule has 1 aliphatic rings. The summed E-state index contributed by atoms with van der Waals surface area (Å²) >= 11 is 10.6. The van der Waals surface area contributed by atoms with Gasteiger partial charge in [0.25, 0.3) is 5.91 Å². The average molecular weight is 449 g/mol. The molecule has 0 saturated heterocycles. The van der Waals surface area contributed by atoms with Crippen molar-refractivity contribution in [1.29, 1.82) is 0 Å². The van der Waals surface area contributed by atoms with Crippen molar-refractivity contribution in [1.82, 2.24) is 4.98 Å². The zero-order chi connectivity index (χ0) is 18.4. The Morgan fingerprint density at radius 2 is 1.92 bits per heavy atom. The van der Waals surface area contributed by atoms with Crippen molar-refractivity contribution < 1.29 is 9.90 Å². The third kappa shape index (κ3) is 2.92. The summed E-state index contributed by atoms with van der Waals surface area (Å²) in [5, 5.41) is 12.8. The van der Waals surface area contributed by atoms with Crippen LogP contribution in [0.4, 0.5) is 10.8 Å². The van der Waals surface area contributed by atoms with Gasteiger partial charge in [-0.25, -0.2) is 4.99 Å². The fraction of sp³-hybridized carbons (Fsp3) is 0.0556. The summed E-state index contributed by atoms with van der Waals surface area (Å²) in [5.41, 5.74) is 1.23. The quantitative estimate of drug-likeness (QED) is 0.667. The van der Waals surface area contributed by atoms with Gasteiger partial charge in [-0.2, -0.15) is 4.98 Å². The number of amides is 1. The number of nitrogens with zero attached hydrogens (tertiary/aromatic N) is 3. The van der Waals surface area contributed by atoms with Crippen LogP contribution in [-0.4, -0.2) is 23.0 Å². The second-order valence-electron chi connectivity index (χ2n) is 5.64. The highest BCUT2D eigenvalue weighted by Crippen LogP contribution is 2.38. The fourth-order valence-corrected chi connectivity index (χ4v) is 4.17. The van der Waals surface area contributed by atoms with Crippen LogP contribution >= 0.6 is 38.9 Å². The lowest BCUT2D eigenvalue weighted by Gasteiger charge is -2.15. The van der Waals surface area contributed by atoms with Gasteiger partial charge in [0.15, 0.2) is 5.13 Å². The van der Waals surface area contributed by atoms with Gasteiger partial charge in [-0.3, -0.25) is 4.79 Å².